The molecule has 0 saturated carbocycles. The number of hydrogen-bond acceptors (Lipinski definition) is 5. The van der Waals surface area contributed by atoms with Gasteiger partial charge in [-0.3, -0.25) is 16.0 Å². The molecule has 19 heavy (non-hydrogen) atoms. The van der Waals surface area contributed by atoms with Crippen LogP contribution in [-0.4, -0.2) is 20.8 Å². The van der Waals surface area contributed by atoms with Crippen molar-refractivity contribution in [1.29, 1.82) is 0 Å². The summed E-state index contributed by atoms with van der Waals surface area (Å²) >= 11 is 7.89. The second-order valence-electron chi connectivity index (χ2n) is 4.61. The lowest BCUT2D eigenvalue weighted by Crippen LogP contribution is -2.38. The largest absolute Gasteiger partial charge is 0.271 e. The van der Waals surface area contributed by atoms with Gasteiger partial charge in [-0.2, -0.15) is 5.10 Å². The van der Waals surface area contributed by atoms with Crippen LogP contribution >= 0.6 is 22.9 Å². The summed E-state index contributed by atoms with van der Waals surface area (Å²) in [5.74, 6) is 5.64. The van der Waals surface area contributed by atoms with Crippen molar-refractivity contribution in [3.63, 3.8) is 0 Å². The Bertz CT molecular complexity index is 562. The van der Waals surface area contributed by atoms with E-state index in [2.05, 4.69) is 20.9 Å². The van der Waals surface area contributed by atoms with Gasteiger partial charge in [-0.05, 0) is 20.3 Å². The van der Waals surface area contributed by atoms with Crippen LogP contribution in [0.5, 0.6) is 0 Å². The fourth-order valence-electron chi connectivity index (χ4n) is 2.10. The lowest BCUT2D eigenvalue weighted by Gasteiger charge is -2.14. The third kappa shape index (κ3) is 3.33. The summed E-state index contributed by atoms with van der Waals surface area (Å²) in [5.41, 5.74) is 5.89. The van der Waals surface area contributed by atoms with Gasteiger partial charge in [0.1, 0.15) is 5.15 Å². The number of nitrogens with one attached hydrogen (secondary N) is 1. The molecule has 0 saturated heterocycles. The summed E-state index contributed by atoms with van der Waals surface area (Å²) in [7, 11) is 1.84. The van der Waals surface area contributed by atoms with Gasteiger partial charge in [0.15, 0.2) is 0 Å². The number of aromatic nitrogens is 3. The molecule has 0 aromatic carbocycles. The van der Waals surface area contributed by atoms with Gasteiger partial charge < -0.3 is 0 Å². The van der Waals surface area contributed by atoms with Crippen LogP contribution in [0.1, 0.15) is 22.0 Å². The van der Waals surface area contributed by atoms with Crippen LogP contribution in [0.15, 0.2) is 5.38 Å². The number of thiazole rings is 1. The van der Waals surface area contributed by atoms with E-state index in [-0.39, 0.29) is 6.04 Å². The highest BCUT2D eigenvalue weighted by atomic mass is 35.5. The van der Waals surface area contributed by atoms with E-state index in [0.717, 1.165) is 34.8 Å². The Kier molecular flexibility index (Phi) is 4.57. The predicted octanol–water partition coefficient (Wildman–Crippen LogP) is 1.76. The minimum Gasteiger partial charge on any atom is -0.271 e. The average Bonchev–Trinajstić information content (AvgIpc) is 2.87. The molecule has 2 aromatic heterocycles. The highest BCUT2D eigenvalue weighted by molar-refractivity contribution is 7.09. The topological polar surface area (TPSA) is 68.8 Å². The van der Waals surface area contributed by atoms with E-state index >= 15 is 0 Å². The first-order valence-electron chi connectivity index (χ1n) is 6.06. The molecule has 2 aromatic rings. The van der Waals surface area contributed by atoms with Crippen molar-refractivity contribution in [2.45, 2.75) is 32.7 Å². The molecule has 2 heterocycles. The Morgan fingerprint density at radius 2 is 2.21 bits per heavy atom. The number of hydrogen-bond donors (Lipinski definition) is 2. The SMILES string of the molecule is Cc1nc(CC(Cc2c(C)nn(C)c2Cl)NN)cs1. The number of halogens is 1. The smallest absolute Gasteiger partial charge is 0.130 e. The van der Waals surface area contributed by atoms with Gasteiger partial charge >= 0.3 is 0 Å². The summed E-state index contributed by atoms with van der Waals surface area (Å²) in [4.78, 5) is 4.46. The van der Waals surface area contributed by atoms with Gasteiger partial charge in [-0.15, -0.1) is 11.3 Å². The van der Waals surface area contributed by atoms with Crippen molar-refractivity contribution < 1.29 is 0 Å². The Hall–Kier alpha value is -0.950. The highest BCUT2D eigenvalue weighted by Gasteiger charge is 2.17. The number of nitrogens with zero attached hydrogens (tertiary/aromatic N) is 3. The molecule has 7 heteroatoms. The average molecular weight is 300 g/mol. The summed E-state index contributed by atoms with van der Waals surface area (Å²) in [5, 5.41) is 8.12. The maximum Gasteiger partial charge on any atom is 0.130 e. The van der Waals surface area contributed by atoms with Gasteiger partial charge in [0.25, 0.3) is 0 Å². The van der Waals surface area contributed by atoms with Crippen molar-refractivity contribution in [3.8, 4) is 0 Å². The normalized spacial score (nSPS) is 12.9. The Morgan fingerprint density at radius 3 is 2.68 bits per heavy atom. The van der Waals surface area contributed by atoms with E-state index in [1.807, 2.05) is 20.9 Å². The standard InChI is InChI=1S/C12H18ClN5S/c1-7-11(12(13)18(3)17-7)5-9(16-14)4-10-6-19-8(2)15-10/h6,9,16H,4-5,14H2,1-3H3. The molecule has 0 aliphatic rings. The maximum atomic E-state index is 6.24. The zero-order valence-corrected chi connectivity index (χ0v) is 12.8. The number of aryl methyl sites for hydroxylation is 3. The minimum absolute atomic E-state index is 0.0990. The first-order valence-corrected chi connectivity index (χ1v) is 7.32. The van der Waals surface area contributed by atoms with E-state index in [1.54, 1.807) is 16.0 Å². The minimum atomic E-state index is 0.0990. The molecule has 1 atom stereocenters. The fraction of sp³-hybridized carbons (Fsp3) is 0.500. The molecule has 2 rings (SSSR count). The Morgan fingerprint density at radius 1 is 1.47 bits per heavy atom. The molecule has 0 aliphatic heterocycles. The molecule has 0 amide bonds. The van der Waals surface area contributed by atoms with Crippen molar-refractivity contribution in [3.05, 3.63) is 32.5 Å². The summed E-state index contributed by atoms with van der Waals surface area (Å²) in [6.45, 7) is 3.96. The second-order valence-corrected chi connectivity index (χ2v) is 6.03. The first-order chi connectivity index (χ1) is 9.01. The second kappa shape index (κ2) is 6.00. The summed E-state index contributed by atoms with van der Waals surface area (Å²) in [6, 6.07) is 0.0990. The van der Waals surface area contributed by atoms with Gasteiger partial charge in [0, 0.05) is 30.5 Å². The van der Waals surface area contributed by atoms with Crippen molar-refractivity contribution >= 4 is 22.9 Å². The van der Waals surface area contributed by atoms with Crippen LogP contribution in [0.25, 0.3) is 0 Å². The van der Waals surface area contributed by atoms with E-state index in [4.69, 9.17) is 17.4 Å². The zero-order chi connectivity index (χ0) is 14.0. The number of nitrogens with two attached hydrogens (primary N) is 1. The molecule has 0 radical (unpaired) electrons. The van der Waals surface area contributed by atoms with Crippen LogP contribution in [0.4, 0.5) is 0 Å². The molecule has 5 nitrogen and oxygen atoms in total. The van der Waals surface area contributed by atoms with Gasteiger partial charge in [-0.1, -0.05) is 11.6 Å². The quantitative estimate of drug-likeness (QED) is 0.652. The third-order valence-corrected chi connectivity index (χ3v) is 4.37. The molecule has 1 unspecified atom stereocenters. The lowest BCUT2D eigenvalue weighted by atomic mass is 10.0. The summed E-state index contributed by atoms with van der Waals surface area (Å²) in [6.07, 6.45) is 1.52. The molecular formula is C12H18ClN5S. The van der Waals surface area contributed by atoms with Gasteiger partial charge in [0.2, 0.25) is 0 Å². The number of hydrazine groups is 1. The predicted molar refractivity (Wildman–Crippen MR) is 78.3 cm³/mol. The summed E-state index contributed by atoms with van der Waals surface area (Å²) < 4.78 is 1.69. The monoisotopic (exact) mass is 299 g/mol. The molecule has 104 valence electrons. The van der Waals surface area contributed by atoms with Gasteiger partial charge in [-0.25, -0.2) is 4.98 Å². The van der Waals surface area contributed by atoms with Crippen molar-refractivity contribution in [2.24, 2.45) is 12.9 Å². The van der Waals surface area contributed by atoms with E-state index in [0.29, 0.717) is 5.15 Å². The molecule has 3 N–H and O–H groups in total. The lowest BCUT2D eigenvalue weighted by molar-refractivity contribution is 0.517. The van der Waals surface area contributed by atoms with Crippen LogP contribution < -0.4 is 11.3 Å². The Balaban J connectivity index is 2.10. The first kappa shape index (κ1) is 14.5. The van der Waals surface area contributed by atoms with Crippen LogP contribution in [0, 0.1) is 13.8 Å². The molecule has 0 fully saturated rings. The van der Waals surface area contributed by atoms with E-state index in [9.17, 15) is 0 Å². The van der Waals surface area contributed by atoms with Crippen LogP contribution in [0.2, 0.25) is 5.15 Å². The molecular weight excluding hydrogens is 282 g/mol. The van der Waals surface area contributed by atoms with Crippen LogP contribution in [0.3, 0.4) is 0 Å². The van der Waals surface area contributed by atoms with Crippen molar-refractivity contribution in [1.82, 2.24) is 20.2 Å². The highest BCUT2D eigenvalue weighted by Crippen LogP contribution is 2.21. The number of rotatable bonds is 5. The van der Waals surface area contributed by atoms with Crippen molar-refractivity contribution in [2.75, 3.05) is 0 Å². The third-order valence-electron chi connectivity index (χ3n) is 3.08. The van der Waals surface area contributed by atoms with E-state index < -0.39 is 0 Å². The molecule has 0 aliphatic carbocycles. The maximum absolute atomic E-state index is 6.24. The fourth-order valence-corrected chi connectivity index (χ4v) is 2.97. The molecule has 0 spiro atoms. The molecule has 0 bridgehead atoms. The Labute approximate surface area is 121 Å². The van der Waals surface area contributed by atoms with Crippen LogP contribution in [-0.2, 0) is 19.9 Å². The zero-order valence-electron chi connectivity index (χ0n) is 11.3. The van der Waals surface area contributed by atoms with Gasteiger partial charge in [0.05, 0.1) is 16.4 Å². The van der Waals surface area contributed by atoms with E-state index in [1.165, 1.54) is 0 Å².